The molecule has 1 aromatic carbocycles. The van der Waals surface area contributed by atoms with Crippen LogP contribution in [-0.2, 0) is 6.54 Å². The molecule has 2 nitrogen and oxygen atoms in total. The van der Waals surface area contributed by atoms with Crippen molar-refractivity contribution < 1.29 is 13.5 Å². The number of hydrogen-bond donors (Lipinski definition) is 0. The van der Waals surface area contributed by atoms with Gasteiger partial charge in [0.1, 0.15) is 5.75 Å². The summed E-state index contributed by atoms with van der Waals surface area (Å²) in [5.74, 6) is -1.78. The fourth-order valence-electron chi connectivity index (χ4n) is 2.49. The predicted molar refractivity (Wildman–Crippen MR) is 79.4 cm³/mol. The summed E-state index contributed by atoms with van der Waals surface area (Å²) in [4.78, 5) is 1.81. The molecule has 5 heteroatoms. The maximum atomic E-state index is 13.4. The highest BCUT2D eigenvalue weighted by Gasteiger charge is 2.34. The third kappa shape index (κ3) is 4.70. The minimum absolute atomic E-state index is 0.00367. The van der Waals surface area contributed by atoms with Gasteiger partial charge in [-0.25, -0.2) is 8.78 Å². The van der Waals surface area contributed by atoms with Crippen LogP contribution in [0.15, 0.2) is 22.7 Å². The fourth-order valence-corrected chi connectivity index (χ4v) is 3.01. The maximum Gasteiger partial charge on any atom is 0.260 e. The smallest absolute Gasteiger partial charge is 0.260 e. The van der Waals surface area contributed by atoms with Crippen molar-refractivity contribution in [1.29, 1.82) is 0 Å². The zero-order valence-electron chi connectivity index (χ0n) is 11.8. The molecule has 0 aromatic heterocycles. The molecule has 0 atom stereocenters. The van der Waals surface area contributed by atoms with Gasteiger partial charge in [-0.2, -0.15) is 0 Å². The Labute approximate surface area is 127 Å². The number of likely N-dealkylation sites (tertiary alicyclic amines) is 1. The Morgan fingerprint density at radius 3 is 2.75 bits per heavy atom. The van der Waals surface area contributed by atoms with Gasteiger partial charge in [0.15, 0.2) is 0 Å². The van der Waals surface area contributed by atoms with E-state index in [-0.39, 0.29) is 19.1 Å². The van der Waals surface area contributed by atoms with Gasteiger partial charge < -0.3 is 4.74 Å². The van der Waals surface area contributed by atoms with E-state index in [4.69, 9.17) is 4.74 Å². The molecule has 1 aromatic rings. The molecule has 1 fully saturated rings. The van der Waals surface area contributed by atoms with Gasteiger partial charge >= 0.3 is 0 Å². The van der Waals surface area contributed by atoms with Crippen LogP contribution in [0.2, 0.25) is 0 Å². The lowest BCUT2D eigenvalue weighted by molar-refractivity contribution is -0.0661. The highest BCUT2D eigenvalue weighted by Crippen LogP contribution is 2.29. The highest BCUT2D eigenvalue weighted by molar-refractivity contribution is 9.10. The largest absolute Gasteiger partial charge is 0.491 e. The zero-order chi connectivity index (χ0) is 14.8. The van der Waals surface area contributed by atoms with Gasteiger partial charge in [-0.3, -0.25) is 4.90 Å². The lowest BCUT2D eigenvalue weighted by Crippen LogP contribution is -2.42. The third-order valence-corrected chi connectivity index (χ3v) is 3.64. The molecular formula is C15H20BrF2NO. The predicted octanol–water partition coefficient (Wildman–Crippen LogP) is 4.47. The molecule has 20 heavy (non-hydrogen) atoms. The Morgan fingerprint density at radius 1 is 1.35 bits per heavy atom. The van der Waals surface area contributed by atoms with Crippen LogP contribution >= 0.6 is 15.9 Å². The van der Waals surface area contributed by atoms with Crippen molar-refractivity contribution in [2.75, 3.05) is 13.1 Å². The minimum Gasteiger partial charge on any atom is -0.491 e. The SMILES string of the molecule is CC(C)Oc1cc(Br)cc(CN2CCCC(F)(F)C2)c1. The first-order chi connectivity index (χ1) is 9.34. The first kappa shape index (κ1) is 15.7. The van der Waals surface area contributed by atoms with Gasteiger partial charge in [-0.1, -0.05) is 15.9 Å². The molecule has 0 radical (unpaired) electrons. The van der Waals surface area contributed by atoms with Crippen LogP contribution in [0.5, 0.6) is 5.75 Å². The minimum atomic E-state index is -2.55. The number of halogens is 3. The molecule has 0 amide bonds. The third-order valence-electron chi connectivity index (χ3n) is 3.18. The highest BCUT2D eigenvalue weighted by atomic mass is 79.9. The molecule has 0 saturated carbocycles. The van der Waals surface area contributed by atoms with E-state index in [0.717, 1.165) is 22.3 Å². The summed E-state index contributed by atoms with van der Waals surface area (Å²) in [5, 5.41) is 0. The Hall–Kier alpha value is -0.680. The lowest BCUT2D eigenvalue weighted by atomic mass is 10.1. The number of nitrogens with zero attached hydrogens (tertiary/aromatic N) is 1. The summed E-state index contributed by atoms with van der Waals surface area (Å²) in [6.45, 7) is 5.03. The number of alkyl halides is 2. The van der Waals surface area contributed by atoms with E-state index in [1.165, 1.54) is 0 Å². The summed E-state index contributed by atoms with van der Waals surface area (Å²) in [7, 11) is 0. The van der Waals surface area contributed by atoms with Gasteiger partial charge in [-0.15, -0.1) is 0 Å². The van der Waals surface area contributed by atoms with Gasteiger partial charge in [0.05, 0.1) is 12.6 Å². The van der Waals surface area contributed by atoms with Gasteiger partial charge in [0, 0.05) is 17.4 Å². The average Bonchev–Trinajstić information content (AvgIpc) is 2.25. The van der Waals surface area contributed by atoms with Crippen molar-refractivity contribution in [2.24, 2.45) is 0 Å². The molecule has 0 bridgehead atoms. The summed E-state index contributed by atoms with van der Waals surface area (Å²) < 4.78 is 33.4. The van der Waals surface area contributed by atoms with E-state index in [2.05, 4.69) is 15.9 Å². The van der Waals surface area contributed by atoms with Crippen LogP contribution in [-0.4, -0.2) is 30.0 Å². The van der Waals surface area contributed by atoms with Crippen LogP contribution in [0.1, 0.15) is 32.3 Å². The molecule has 0 spiro atoms. The van der Waals surface area contributed by atoms with E-state index in [9.17, 15) is 8.78 Å². The topological polar surface area (TPSA) is 12.5 Å². The van der Waals surface area contributed by atoms with Crippen LogP contribution in [0.4, 0.5) is 8.78 Å². The molecule has 1 saturated heterocycles. The standard InChI is InChI=1S/C15H20BrF2NO/c1-11(2)20-14-7-12(6-13(16)8-14)9-19-5-3-4-15(17,18)10-19/h6-8,11H,3-5,9-10H2,1-2H3. The molecule has 1 heterocycles. The second-order valence-electron chi connectivity index (χ2n) is 5.63. The maximum absolute atomic E-state index is 13.4. The fraction of sp³-hybridized carbons (Fsp3) is 0.600. The van der Waals surface area contributed by atoms with E-state index in [1.807, 2.05) is 36.9 Å². The summed E-state index contributed by atoms with van der Waals surface area (Å²) in [6, 6.07) is 5.78. The Bertz CT molecular complexity index is 465. The van der Waals surface area contributed by atoms with Crippen molar-refractivity contribution >= 4 is 15.9 Å². The second kappa shape index (κ2) is 6.39. The van der Waals surface area contributed by atoms with Crippen molar-refractivity contribution in [3.63, 3.8) is 0 Å². The monoisotopic (exact) mass is 347 g/mol. The van der Waals surface area contributed by atoms with Crippen LogP contribution in [0, 0.1) is 0 Å². The van der Waals surface area contributed by atoms with Crippen LogP contribution in [0.25, 0.3) is 0 Å². The Balaban J connectivity index is 2.07. The van der Waals surface area contributed by atoms with E-state index < -0.39 is 5.92 Å². The number of hydrogen-bond acceptors (Lipinski definition) is 2. The Kier molecular flexibility index (Phi) is 5.02. The summed E-state index contributed by atoms with van der Waals surface area (Å²) >= 11 is 3.44. The molecule has 0 unspecified atom stereocenters. The van der Waals surface area contributed by atoms with Gasteiger partial charge in [0.2, 0.25) is 0 Å². The lowest BCUT2D eigenvalue weighted by Gasteiger charge is -2.32. The van der Waals surface area contributed by atoms with Crippen molar-refractivity contribution in [3.8, 4) is 5.75 Å². The molecule has 1 aliphatic heterocycles. The zero-order valence-corrected chi connectivity index (χ0v) is 13.4. The first-order valence-corrected chi connectivity index (χ1v) is 7.70. The van der Waals surface area contributed by atoms with Crippen molar-refractivity contribution in [1.82, 2.24) is 4.90 Å². The molecular weight excluding hydrogens is 328 g/mol. The van der Waals surface area contributed by atoms with E-state index in [0.29, 0.717) is 13.0 Å². The number of rotatable bonds is 4. The number of benzene rings is 1. The van der Waals surface area contributed by atoms with Gasteiger partial charge in [0.25, 0.3) is 5.92 Å². The van der Waals surface area contributed by atoms with Crippen molar-refractivity contribution in [2.45, 2.75) is 45.3 Å². The molecule has 1 aliphatic rings. The molecule has 112 valence electrons. The van der Waals surface area contributed by atoms with Crippen molar-refractivity contribution in [3.05, 3.63) is 28.2 Å². The quantitative estimate of drug-likeness (QED) is 0.796. The summed E-state index contributed by atoms with van der Waals surface area (Å²) in [6.07, 6.45) is 0.650. The Morgan fingerprint density at radius 2 is 2.10 bits per heavy atom. The summed E-state index contributed by atoms with van der Waals surface area (Å²) in [5.41, 5.74) is 0.993. The van der Waals surface area contributed by atoms with Crippen LogP contribution in [0.3, 0.4) is 0 Å². The number of ether oxygens (including phenoxy) is 1. The first-order valence-electron chi connectivity index (χ1n) is 6.90. The molecule has 0 N–H and O–H groups in total. The van der Waals surface area contributed by atoms with Gasteiger partial charge in [-0.05, 0) is 50.6 Å². The normalized spacial score (nSPS) is 19.3. The molecule has 0 aliphatic carbocycles. The van der Waals surface area contributed by atoms with E-state index in [1.54, 1.807) is 0 Å². The molecule has 2 rings (SSSR count). The van der Waals surface area contributed by atoms with E-state index >= 15 is 0 Å². The second-order valence-corrected chi connectivity index (χ2v) is 6.55. The number of piperidine rings is 1. The van der Waals surface area contributed by atoms with Crippen LogP contribution < -0.4 is 4.74 Å². The average molecular weight is 348 g/mol.